The lowest BCUT2D eigenvalue weighted by atomic mass is 9.95. The summed E-state index contributed by atoms with van der Waals surface area (Å²) in [5.41, 5.74) is 8.55. The van der Waals surface area contributed by atoms with E-state index in [1.807, 2.05) is 29.5 Å². The fourth-order valence-electron chi connectivity index (χ4n) is 10.0. The van der Waals surface area contributed by atoms with Crippen molar-refractivity contribution in [2.45, 2.75) is 0 Å². The van der Waals surface area contributed by atoms with Crippen molar-refractivity contribution in [1.29, 1.82) is 0 Å². The molecule has 14 aromatic rings. The molecule has 0 atom stereocenters. The number of thiophene rings is 2. The summed E-state index contributed by atoms with van der Waals surface area (Å²) in [7, 11) is 0. The van der Waals surface area contributed by atoms with Crippen LogP contribution in [0, 0.1) is 0 Å². The molecule has 0 aliphatic carbocycles. The number of para-hydroxylation sites is 1. The smallest absolute Gasteiger partial charge is 0.165 e. The predicted molar refractivity (Wildman–Crippen MR) is 277 cm³/mol. The zero-order valence-electron chi connectivity index (χ0n) is 34.7. The number of aromatic nitrogens is 4. The van der Waals surface area contributed by atoms with Crippen molar-refractivity contribution in [3.05, 3.63) is 206 Å². The minimum absolute atomic E-state index is 0.626. The van der Waals surface area contributed by atoms with Gasteiger partial charge in [-0.3, -0.25) is 0 Å². The minimum Gasteiger partial charge on any atom is -0.309 e. The number of hydrogen-bond donors (Lipinski definition) is 0. The Morgan fingerprint density at radius 3 is 1.77 bits per heavy atom. The Morgan fingerprint density at radius 2 is 0.938 bits per heavy atom. The highest BCUT2D eigenvalue weighted by atomic mass is 32.1. The maximum atomic E-state index is 5.40. The van der Waals surface area contributed by atoms with Gasteiger partial charge in [0.15, 0.2) is 17.5 Å². The van der Waals surface area contributed by atoms with Gasteiger partial charge in [0.05, 0.1) is 16.7 Å². The molecule has 4 nitrogen and oxygen atoms in total. The second-order valence-electron chi connectivity index (χ2n) is 16.7. The highest BCUT2D eigenvalue weighted by molar-refractivity contribution is 7.26. The van der Waals surface area contributed by atoms with Crippen molar-refractivity contribution >= 4 is 106 Å². The zero-order chi connectivity index (χ0) is 42.6. The highest BCUT2D eigenvalue weighted by Crippen LogP contribution is 2.46. The Hall–Kier alpha value is -8.03. The van der Waals surface area contributed by atoms with Gasteiger partial charge in [-0.05, 0) is 93.8 Å². The molecule has 0 spiro atoms. The lowest BCUT2D eigenvalue weighted by molar-refractivity contribution is 1.08. The van der Waals surface area contributed by atoms with Crippen LogP contribution in [0.1, 0.15) is 0 Å². The average molecular weight is 863 g/mol. The molecule has 0 aliphatic rings. The van der Waals surface area contributed by atoms with Crippen molar-refractivity contribution in [3.63, 3.8) is 0 Å². The molecular weight excluding hydrogens is 829 g/mol. The van der Waals surface area contributed by atoms with Gasteiger partial charge in [-0.25, -0.2) is 15.0 Å². The summed E-state index contributed by atoms with van der Waals surface area (Å²) >= 11 is 3.65. The first-order valence-electron chi connectivity index (χ1n) is 21.8. The summed E-state index contributed by atoms with van der Waals surface area (Å²) in [6, 6.07) is 74.6. The number of benzene rings is 10. The first-order valence-corrected chi connectivity index (χ1v) is 23.5. The van der Waals surface area contributed by atoms with Crippen LogP contribution in [-0.2, 0) is 0 Å². The summed E-state index contributed by atoms with van der Waals surface area (Å²) in [4.78, 5) is 15.9. The normalized spacial score (nSPS) is 12.0. The molecule has 4 aromatic heterocycles. The van der Waals surface area contributed by atoms with Crippen LogP contribution in [0.25, 0.3) is 135 Å². The molecule has 0 unspecified atom stereocenters. The summed E-state index contributed by atoms with van der Waals surface area (Å²) in [5, 5.41) is 12.3. The van der Waals surface area contributed by atoms with E-state index < -0.39 is 0 Å². The van der Waals surface area contributed by atoms with Gasteiger partial charge in [0, 0.05) is 73.4 Å². The molecule has 0 amide bonds. The van der Waals surface area contributed by atoms with Crippen LogP contribution in [0.5, 0.6) is 0 Å². The number of fused-ring (bicyclic) bond motifs is 11. The SMILES string of the molecule is c1ccc(-c2nc(-c3ccc(-n4c5ccccc5c5cc6ccccc6cc54)c(-c4cccc5sc6cc7ccccc7cc6c45)c3)nc(-c3cccc4c3sc3ccccc34)n2)cc1. The lowest BCUT2D eigenvalue weighted by Crippen LogP contribution is -2.02. The van der Waals surface area contributed by atoms with Gasteiger partial charge in [-0.15, -0.1) is 22.7 Å². The second-order valence-corrected chi connectivity index (χ2v) is 18.9. The van der Waals surface area contributed by atoms with E-state index in [1.54, 1.807) is 11.3 Å². The van der Waals surface area contributed by atoms with E-state index in [1.165, 1.54) is 78.2 Å². The van der Waals surface area contributed by atoms with Crippen LogP contribution in [0.15, 0.2) is 206 Å². The Morgan fingerprint density at radius 1 is 0.323 bits per heavy atom. The van der Waals surface area contributed by atoms with E-state index in [0.717, 1.165) is 39.0 Å². The Kier molecular flexibility index (Phi) is 7.99. The highest BCUT2D eigenvalue weighted by Gasteiger charge is 2.22. The van der Waals surface area contributed by atoms with E-state index in [4.69, 9.17) is 15.0 Å². The maximum Gasteiger partial charge on any atom is 0.165 e. The van der Waals surface area contributed by atoms with Crippen molar-refractivity contribution in [2.75, 3.05) is 0 Å². The number of nitrogens with zero attached hydrogens (tertiary/aromatic N) is 4. The molecule has 302 valence electrons. The molecule has 0 aliphatic heterocycles. The van der Waals surface area contributed by atoms with Gasteiger partial charge >= 0.3 is 0 Å². The van der Waals surface area contributed by atoms with E-state index >= 15 is 0 Å². The van der Waals surface area contributed by atoms with Gasteiger partial charge in [0.25, 0.3) is 0 Å². The third-order valence-corrected chi connectivity index (χ3v) is 15.3. The zero-order valence-corrected chi connectivity index (χ0v) is 36.4. The van der Waals surface area contributed by atoms with Crippen LogP contribution in [0.3, 0.4) is 0 Å². The molecule has 14 rings (SSSR count). The van der Waals surface area contributed by atoms with Gasteiger partial charge in [0.2, 0.25) is 0 Å². The minimum atomic E-state index is 0.626. The topological polar surface area (TPSA) is 43.6 Å². The third kappa shape index (κ3) is 5.71. The van der Waals surface area contributed by atoms with Crippen molar-refractivity contribution < 1.29 is 0 Å². The first kappa shape index (κ1) is 36.5. The Bertz CT molecular complexity index is 4250. The fraction of sp³-hybridized carbons (Fsp3) is 0. The molecule has 65 heavy (non-hydrogen) atoms. The van der Waals surface area contributed by atoms with E-state index in [0.29, 0.717) is 17.5 Å². The van der Waals surface area contributed by atoms with Gasteiger partial charge in [-0.1, -0.05) is 140 Å². The molecule has 0 saturated heterocycles. The molecule has 0 radical (unpaired) electrons. The molecule has 0 saturated carbocycles. The van der Waals surface area contributed by atoms with Crippen LogP contribution >= 0.6 is 22.7 Å². The molecule has 0 N–H and O–H groups in total. The van der Waals surface area contributed by atoms with E-state index in [9.17, 15) is 0 Å². The Balaban J connectivity index is 1.07. The van der Waals surface area contributed by atoms with Crippen LogP contribution < -0.4 is 0 Å². The standard InChI is InChI=1S/C59H34N4S2/c1-2-14-35(15-3-1)57-60-58(62-59(61-57)45-24-12-23-44-42-21-9-11-26-52(42)65-56(44)45)40-28-29-50(63-49-25-10-8-20-41(49)46-30-36-16-4-6-18-38(36)33-51(46)63)47(32-40)43-22-13-27-53-55(43)48-31-37-17-5-7-19-39(37)34-54(48)64-53/h1-34H. The van der Waals surface area contributed by atoms with Crippen molar-refractivity contribution in [3.8, 4) is 51.0 Å². The molecule has 0 fully saturated rings. The van der Waals surface area contributed by atoms with Crippen LogP contribution in [0.2, 0.25) is 0 Å². The monoisotopic (exact) mass is 862 g/mol. The maximum absolute atomic E-state index is 5.40. The molecule has 4 heterocycles. The largest absolute Gasteiger partial charge is 0.309 e. The van der Waals surface area contributed by atoms with E-state index in [2.05, 4.69) is 193 Å². The summed E-state index contributed by atoms with van der Waals surface area (Å²) in [6.45, 7) is 0. The summed E-state index contributed by atoms with van der Waals surface area (Å²) in [5.74, 6) is 1.92. The molecular formula is C59H34N4S2. The Labute approximate surface area is 381 Å². The summed E-state index contributed by atoms with van der Waals surface area (Å²) in [6.07, 6.45) is 0. The van der Waals surface area contributed by atoms with Gasteiger partial charge in [-0.2, -0.15) is 0 Å². The molecule has 10 aromatic carbocycles. The van der Waals surface area contributed by atoms with Crippen molar-refractivity contribution in [2.24, 2.45) is 0 Å². The van der Waals surface area contributed by atoms with Gasteiger partial charge in [0.1, 0.15) is 0 Å². The van der Waals surface area contributed by atoms with Crippen LogP contribution in [-0.4, -0.2) is 19.5 Å². The van der Waals surface area contributed by atoms with Crippen LogP contribution in [0.4, 0.5) is 0 Å². The second kappa shape index (κ2) is 14.2. The third-order valence-electron chi connectivity index (χ3n) is 13.0. The van der Waals surface area contributed by atoms with E-state index in [-0.39, 0.29) is 0 Å². The summed E-state index contributed by atoms with van der Waals surface area (Å²) < 4.78 is 7.41. The molecule has 6 heteroatoms. The van der Waals surface area contributed by atoms with Gasteiger partial charge < -0.3 is 4.57 Å². The van der Waals surface area contributed by atoms with Crippen molar-refractivity contribution in [1.82, 2.24) is 19.5 Å². The fourth-order valence-corrected chi connectivity index (χ4v) is 12.4. The lowest BCUT2D eigenvalue weighted by Gasteiger charge is -2.17. The predicted octanol–water partition coefficient (Wildman–Crippen LogP) is 16.7. The number of rotatable bonds is 5. The quantitative estimate of drug-likeness (QED) is 0.173. The average Bonchev–Trinajstić information content (AvgIpc) is 4.04. The first-order chi connectivity index (χ1) is 32.2. The number of hydrogen-bond acceptors (Lipinski definition) is 5. The molecule has 0 bridgehead atoms.